The average molecular weight is 447 g/mol. The first kappa shape index (κ1) is 22.2. The number of carbonyl (C=O) groups excluding carboxylic acids is 2. The van der Waals surface area contributed by atoms with Gasteiger partial charge in [-0.1, -0.05) is 6.07 Å². The Labute approximate surface area is 192 Å². The monoisotopic (exact) mass is 446 g/mol. The van der Waals surface area contributed by atoms with Gasteiger partial charge < -0.3 is 25.5 Å². The van der Waals surface area contributed by atoms with Crippen LogP contribution in [0.3, 0.4) is 0 Å². The summed E-state index contributed by atoms with van der Waals surface area (Å²) in [4.78, 5) is 37.7. The third-order valence-electron chi connectivity index (χ3n) is 5.64. The standard InChI is InChI=1S/C24H26N6O3/c1-16-20(4-3-5-21(16)31)22(32)27-19-14-25-24(26-15-19)28-18-8-6-17(7-9-18)23(33)30-12-10-29(2)11-13-30/h3-9,14-15,31H,10-13H2,1-2H3,(H,27,32)(H,25,26,28). The zero-order valence-electron chi connectivity index (χ0n) is 18.6. The molecule has 9 nitrogen and oxygen atoms in total. The average Bonchev–Trinajstić information content (AvgIpc) is 2.82. The Morgan fingerprint density at radius 2 is 1.61 bits per heavy atom. The molecular weight excluding hydrogens is 420 g/mol. The molecule has 170 valence electrons. The molecule has 0 atom stereocenters. The zero-order chi connectivity index (χ0) is 23.4. The molecule has 4 rings (SSSR count). The number of carbonyl (C=O) groups is 2. The maximum atomic E-state index is 12.7. The number of piperazine rings is 1. The van der Waals surface area contributed by atoms with Gasteiger partial charge in [-0.25, -0.2) is 9.97 Å². The van der Waals surface area contributed by atoms with Gasteiger partial charge in [-0.05, 0) is 50.4 Å². The van der Waals surface area contributed by atoms with Gasteiger partial charge in [0.15, 0.2) is 0 Å². The summed E-state index contributed by atoms with van der Waals surface area (Å²) in [5.41, 5.74) is 2.71. The van der Waals surface area contributed by atoms with Crippen LogP contribution in [0.2, 0.25) is 0 Å². The molecule has 0 unspecified atom stereocenters. The van der Waals surface area contributed by atoms with Crippen molar-refractivity contribution >= 4 is 29.1 Å². The van der Waals surface area contributed by atoms with E-state index in [0.29, 0.717) is 28.3 Å². The van der Waals surface area contributed by atoms with Crippen molar-refractivity contribution in [3.63, 3.8) is 0 Å². The molecule has 1 fully saturated rings. The number of nitrogens with one attached hydrogen (secondary N) is 2. The smallest absolute Gasteiger partial charge is 0.256 e. The number of aromatic nitrogens is 2. The van der Waals surface area contributed by atoms with E-state index in [-0.39, 0.29) is 17.6 Å². The quantitative estimate of drug-likeness (QED) is 0.553. The fourth-order valence-electron chi connectivity index (χ4n) is 3.54. The molecule has 1 aliphatic heterocycles. The number of likely N-dealkylation sites (N-methyl/N-ethyl adjacent to an activating group) is 1. The second kappa shape index (κ2) is 9.66. The van der Waals surface area contributed by atoms with Crippen LogP contribution < -0.4 is 10.6 Å². The second-order valence-corrected chi connectivity index (χ2v) is 8.00. The first-order valence-electron chi connectivity index (χ1n) is 10.7. The maximum Gasteiger partial charge on any atom is 0.256 e. The van der Waals surface area contributed by atoms with Crippen LogP contribution in [0.15, 0.2) is 54.9 Å². The Morgan fingerprint density at radius 1 is 0.939 bits per heavy atom. The molecule has 2 heterocycles. The van der Waals surface area contributed by atoms with Crippen molar-refractivity contribution in [1.29, 1.82) is 0 Å². The number of phenolic OH excluding ortho intramolecular Hbond substituents is 1. The van der Waals surface area contributed by atoms with Gasteiger partial charge in [0.1, 0.15) is 5.75 Å². The van der Waals surface area contributed by atoms with Gasteiger partial charge in [-0.2, -0.15) is 0 Å². The van der Waals surface area contributed by atoms with Gasteiger partial charge in [0.25, 0.3) is 11.8 Å². The number of hydrogen-bond donors (Lipinski definition) is 3. The number of anilines is 3. The van der Waals surface area contributed by atoms with Crippen molar-refractivity contribution in [3.8, 4) is 5.75 Å². The molecule has 2 amide bonds. The van der Waals surface area contributed by atoms with Crippen molar-refractivity contribution < 1.29 is 14.7 Å². The van der Waals surface area contributed by atoms with Crippen LogP contribution in [-0.2, 0) is 0 Å². The van der Waals surface area contributed by atoms with E-state index in [2.05, 4.69) is 32.5 Å². The van der Waals surface area contributed by atoms with Gasteiger partial charge in [-0.3, -0.25) is 9.59 Å². The van der Waals surface area contributed by atoms with E-state index in [1.807, 2.05) is 17.0 Å². The summed E-state index contributed by atoms with van der Waals surface area (Å²) in [5.74, 6) is 0.107. The van der Waals surface area contributed by atoms with E-state index in [4.69, 9.17) is 0 Å². The SMILES string of the molecule is Cc1c(O)cccc1C(=O)Nc1cnc(Nc2ccc(C(=O)N3CCN(C)CC3)cc2)nc1. The van der Waals surface area contributed by atoms with Crippen molar-refractivity contribution in [3.05, 3.63) is 71.5 Å². The summed E-state index contributed by atoms with van der Waals surface area (Å²) >= 11 is 0. The molecule has 9 heteroatoms. The van der Waals surface area contributed by atoms with Crippen LogP contribution in [0.1, 0.15) is 26.3 Å². The van der Waals surface area contributed by atoms with Crippen LogP contribution in [0.4, 0.5) is 17.3 Å². The van der Waals surface area contributed by atoms with E-state index in [9.17, 15) is 14.7 Å². The Bertz CT molecular complexity index is 1140. The minimum absolute atomic E-state index is 0.0352. The molecular formula is C24H26N6O3. The second-order valence-electron chi connectivity index (χ2n) is 8.00. The Kier molecular flexibility index (Phi) is 6.50. The van der Waals surface area contributed by atoms with Crippen LogP contribution >= 0.6 is 0 Å². The van der Waals surface area contributed by atoms with Gasteiger partial charge in [-0.15, -0.1) is 0 Å². The van der Waals surface area contributed by atoms with Crippen LogP contribution in [0.5, 0.6) is 5.75 Å². The summed E-state index contributed by atoms with van der Waals surface area (Å²) < 4.78 is 0. The molecule has 3 aromatic rings. The summed E-state index contributed by atoms with van der Waals surface area (Å²) in [7, 11) is 2.06. The fourth-order valence-corrected chi connectivity index (χ4v) is 3.54. The molecule has 1 saturated heterocycles. The third-order valence-corrected chi connectivity index (χ3v) is 5.64. The van der Waals surface area contributed by atoms with Crippen LogP contribution in [0, 0.1) is 6.92 Å². The predicted octanol–water partition coefficient (Wildman–Crippen LogP) is 2.87. The molecule has 3 N–H and O–H groups in total. The molecule has 0 spiro atoms. The van der Waals surface area contributed by atoms with E-state index >= 15 is 0 Å². The van der Waals surface area contributed by atoms with Gasteiger partial charge in [0.2, 0.25) is 5.95 Å². The number of phenols is 1. The highest BCUT2D eigenvalue weighted by molar-refractivity contribution is 6.05. The first-order valence-corrected chi connectivity index (χ1v) is 10.7. The van der Waals surface area contributed by atoms with Crippen molar-refractivity contribution in [2.24, 2.45) is 0 Å². The summed E-state index contributed by atoms with van der Waals surface area (Å²) in [6, 6.07) is 12.0. The van der Waals surface area contributed by atoms with Crippen molar-refractivity contribution in [1.82, 2.24) is 19.8 Å². The molecule has 2 aromatic carbocycles. The first-order chi connectivity index (χ1) is 15.9. The lowest BCUT2D eigenvalue weighted by Crippen LogP contribution is -2.47. The number of rotatable bonds is 5. The molecule has 0 radical (unpaired) electrons. The van der Waals surface area contributed by atoms with E-state index in [0.717, 1.165) is 31.9 Å². The summed E-state index contributed by atoms with van der Waals surface area (Å²) in [6.07, 6.45) is 2.99. The zero-order valence-corrected chi connectivity index (χ0v) is 18.6. The molecule has 1 aliphatic rings. The minimum Gasteiger partial charge on any atom is -0.508 e. The molecule has 0 aliphatic carbocycles. The number of hydrogen-bond acceptors (Lipinski definition) is 7. The predicted molar refractivity (Wildman–Crippen MR) is 126 cm³/mol. The molecule has 33 heavy (non-hydrogen) atoms. The topological polar surface area (TPSA) is 111 Å². The number of benzene rings is 2. The Morgan fingerprint density at radius 3 is 2.27 bits per heavy atom. The van der Waals surface area contributed by atoms with Crippen molar-refractivity contribution in [2.75, 3.05) is 43.9 Å². The molecule has 0 saturated carbocycles. The lowest BCUT2D eigenvalue weighted by atomic mass is 10.1. The van der Waals surface area contributed by atoms with Gasteiger partial charge >= 0.3 is 0 Å². The highest BCUT2D eigenvalue weighted by atomic mass is 16.3. The third kappa shape index (κ3) is 5.27. The lowest BCUT2D eigenvalue weighted by Gasteiger charge is -2.32. The minimum atomic E-state index is -0.353. The summed E-state index contributed by atoms with van der Waals surface area (Å²) in [5, 5.41) is 15.6. The number of amides is 2. The maximum absolute atomic E-state index is 12.7. The summed E-state index contributed by atoms with van der Waals surface area (Å²) in [6.45, 7) is 4.91. The van der Waals surface area contributed by atoms with Crippen molar-refractivity contribution in [2.45, 2.75) is 6.92 Å². The van der Waals surface area contributed by atoms with Crippen LogP contribution in [-0.4, -0.2) is 69.9 Å². The van der Waals surface area contributed by atoms with Crippen LogP contribution in [0.25, 0.3) is 0 Å². The highest BCUT2D eigenvalue weighted by Gasteiger charge is 2.20. The Balaban J connectivity index is 1.35. The van der Waals surface area contributed by atoms with Gasteiger partial charge in [0.05, 0.1) is 18.1 Å². The highest BCUT2D eigenvalue weighted by Crippen LogP contribution is 2.21. The van der Waals surface area contributed by atoms with E-state index in [1.54, 1.807) is 31.2 Å². The number of nitrogens with zero attached hydrogens (tertiary/aromatic N) is 4. The van der Waals surface area contributed by atoms with E-state index < -0.39 is 0 Å². The normalized spacial score (nSPS) is 14.1. The lowest BCUT2D eigenvalue weighted by molar-refractivity contribution is 0.0664. The number of aromatic hydroxyl groups is 1. The van der Waals surface area contributed by atoms with Gasteiger partial charge in [0, 0.05) is 48.6 Å². The largest absolute Gasteiger partial charge is 0.508 e. The fraction of sp³-hybridized carbons (Fsp3) is 0.250. The molecule has 1 aromatic heterocycles. The van der Waals surface area contributed by atoms with E-state index in [1.165, 1.54) is 18.5 Å². The Hall–Kier alpha value is -3.98. The molecule has 0 bridgehead atoms.